The fourth-order valence-corrected chi connectivity index (χ4v) is 3.97. The van der Waals surface area contributed by atoms with Crippen molar-refractivity contribution in [3.05, 3.63) is 53.1 Å². The van der Waals surface area contributed by atoms with E-state index < -0.39 is 10.0 Å². The Morgan fingerprint density at radius 1 is 1.08 bits per heavy atom. The van der Waals surface area contributed by atoms with Crippen LogP contribution in [-0.4, -0.2) is 28.0 Å². The average molecular weight is 376 g/mol. The van der Waals surface area contributed by atoms with Gasteiger partial charge in [0, 0.05) is 6.54 Å². The van der Waals surface area contributed by atoms with Crippen molar-refractivity contribution in [2.45, 2.75) is 32.1 Å². The molecule has 0 aliphatic carbocycles. The molecule has 1 amide bonds. The Morgan fingerprint density at radius 2 is 1.77 bits per heavy atom. The van der Waals surface area contributed by atoms with Crippen molar-refractivity contribution < 1.29 is 17.9 Å². The molecule has 0 radical (unpaired) electrons. The summed E-state index contributed by atoms with van der Waals surface area (Å²) >= 11 is 0. The number of hydrogen-bond acceptors (Lipinski definition) is 4. The van der Waals surface area contributed by atoms with Crippen molar-refractivity contribution in [2.24, 2.45) is 0 Å². The third-order valence-corrected chi connectivity index (χ3v) is 5.66. The lowest BCUT2D eigenvalue weighted by Crippen LogP contribution is -2.26. The van der Waals surface area contributed by atoms with Gasteiger partial charge in [-0.05, 0) is 55.7 Å². The van der Waals surface area contributed by atoms with Crippen LogP contribution in [-0.2, 0) is 10.0 Å². The highest BCUT2D eigenvalue weighted by molar-refractivity contribution is 7.92. The zero-order chi connectivity index (χ0) is 19.3. The Hall–Kier alpha value is -2.54. The van der Waals surface area contributed by atoms with Gasteiger partial charge in [0.15, 0.2) is 0 Å². The Kier molecular flexibility index (Phi) is 6.26. The minimum atomic E-state index is -3.85. The highest BCUT2D eigenvalue weighted by atomic mass is 32.2. The normalized spacial score (nSPS) is 11.1. The zero-order valence-electron chi connectivity index (χ0n) is 15.4. The van der Waals surface area contributed by atoms with E-state index in [0.29, 0.717) is 17.9 Å². The lowest BCUT2D eigenvalue weighted by molar-refractivity contribution is 0.0954. The first kappa shape index (κ1) is 19.8. The first-order valence-electron chi connectivity index (χ1n) is 8.36. The highest BCUT2D eigenvalue weighted by Gasteiger charge is 2.22. The van der Waals surface area contributed by atoms with Crippen LogP contribution in [0.25, 0.3) is 0 Å². The van der Waals surface area contributed by atoms with Crippen LogP contribution in [0.5, 0.6) is 5.75 Å². The second-order valence-corrected chi connectivity index (χ2v) is 7.57. The minimum Gasteiger partial charge on any atom is -0.496 e. The Morgan fingerprint density at radius 3 is 2.42 bits per heavy atom. The maximum Gasteiger partial charge on any atom is 0.262 e. The predicted octanol–water partition coefficient (Wildman–Crippen LogP) is 3.25. The standard InChI is InChI=1S/C19H24N2O4S/c1-5-12-20-19(22)15-8-6-7-9-16(15)21-26(23,24)18-11-10-17(25-4)13(2)14(18)3/h6-11,21H,5,12H2,1-4H3,(H,20,22). The number of carbonyl (C=O) groups excluding carboxylic acids is 1. The molecule has 26 heavy (non-hydrogen) atoms. The van der Waals surface area contributed by atoms with Crippen molar-refractivity contribution in [3.63, 3.8) is 0 Å². The van der Waals surface area contributed by atoms with Crippen molar-refractivity contribution in [3.8, 4) is 5.75 Å². The van der Waals surface area contributed by atoms with E-state index >= 15 is 0 Å². The SMILES string of the molecule is CCCNC(=O)c1ccccc1NS(=O)(=O)c1ccc(OC)c(C)c1C. The maximum absolute atomic E-state index is 12.9. The molecule has 140 valence electrons. The van der Waals surface area contributed by atoms with Gasteiger partial charge < -0.3 is 10.1 Å². The van der Waals surface area contributed by atoms with Gasteiger partial charge in [-0.25, -0.2) is 8.42 Å². The molecule has 0 aliphatic heterocycles. The molecular weight excluding hydrogens is 352 g/mol. The Balaban J connectivity index is 2.40. The topological polar surface area (TPSA) is 84.5 Å². The van der Waals surface area contributed by atoms with Crippen LogP contribution < -0.4 is 14.8 Å². The van der Waals surface area contributed by atoms with Crippen LogP contribution in [0.15, 0.2) is 41.3 Å². The molecule has 0 fully saturated rings. The number of anilines is 1. The lowest BCUT2D eigenvalue weighted by atomic mass is 10.1. The molecule has 0 aromatic heterocycles. The molecule has 2 rings (SSSR count). The van der Waals surface area contributed by atoms with E-state index in [2.05, 4.69) is 10.0 Å². The fourth-order valence-electron chi connectivity index (χ4n) is 2.59. The Bertz CT molecular complexity index is 908. The molecule has 0 heterocycles. The second-order valence-electron chi connectivity index (χ2n) is 5.92. The highest BCUT2D eigenvalue weighted by Crippen LogP contribution is 2.28. The van der Waals surface area contributed by atoms with E-state index in [-0.39, 0.29) is 22.1 Å². The molecule has 0 atom stereocenters. The van der Waals surface area contributed by atoms with Gasteiger partial charge in [0.25, 0.3) is 15.9 Å². The van der Waals surface area contributed by atoms with Crippen LogP contribution in [0.3, 0.4) is 0 Å². The van der Waals surface area contributed by atoms with Gasteiger partial charge in [0.05, 0.1) is 23.3 Å². The first-order chi connectivity index (χ1) is 12.3. The Labute approximate surface area is 154 Å². The molecule has 2 aromatic carbocycles. The van der Waals surface area contributed by atoms with Crippen LogP contribution in [0.2, 0.25) is 0 Å². The molecule has 6 nitrogen and oxygen atoms in total. The number of nitrogens with one attached hydrogen (secondary N) is 2. The predicted molar refractivity (Wildman–Crippen MR) is 102 cm³/mol. The van der Waals surface area contributed by atoms with E-state index in [4.69, 9.17) is 4.74 Å². The van der Waals surface area contributed by atoms with Crippen molar-refractivity contribution in [2.75, 3.05) is 18.4 Å². The largest absolute Gasteiger partial charge is 0.496 e. The van der Waals surface area contributed by atoms with E-state index in [1.165, 1.54) is 6.07 Å². The summed E-state index contributed by atoms with van der Waals surface area (Å²) < 4.78 is 33.5. The minimum absolute atomic E-state index is 0.152. The van der Waals surface area contributed by atoms with Gasteiger partial charge in [-0.3, -0.25) is 9.52 Å². The van der Waals surface area contributed by atoms with Gasteiger partial charge in [0.2, 0.25) is 0 Å². The number of para-hydroxylation sites is 1. The molecule has 0 spiro atoms. The third kappa shape index (κ3) is 4.16. The van der Waals surface area contributed by atoms with E-state index in [1.54, 1.807) is 51.3 Å². The van der Waals surface area contributed by atoms with Crippen molar-refractivity contribution >= 4 is 21.6 Å². The van der Waals surface area contributed by atoms with E-state index in [0.717, 1.165) is 12.0 Å². The molecule has 2 aromatic rings. The number of sulfonamides is 1. The van der Waals surface area contributed by atoms with Crippen LogP contribution in [0.1, 0.15) is 34.8 Å². The molecule has 0 bridgehead atoms. The van der Waals surface area contributed by atoms with Gasteiger partial charge in [-0.2, -0.15) is 0 Å². The van der Waals surface area contributed by atoms with Crippen molar-refractivity contribution in [1.29, 1.82) is 0 Å². The number of methoxy groups -OCH3 is 1. The summed E-state index contributed by atoms with van der Waals surface area (Å²) in [5.74, 6) is 0.313. The number of rotatable bonds is 7. The number of hydrogen-bond donors (Lipinski definition) is 2. The van der Waals surface area contributed by atoms with Crippen LogP contribution >= 0.6 is 0 Å². The van der Waals surface area contributed by atoms with Gasteiger partial charge in [0.1, 0.15) is 5.75 Å². The smallest absolute Gasteiger partial charge is 0.262 e. The van der Waals surface area contributed by atoms with Gasteiger partial charge in [-0.15, -0.1) is 0 Å². The van der Waals surface area contributed by atoms with Gasteiger partial charge >= 0.3 is 0 Å². The summed E-state index contributed by atoms with van der Waals surface area (Å²) in [5.41, 5.74) is 1.88. The summed E-state index contributed by atoms with van der Waals surface area (Å²) in [6, 6.07) is 9.67. The third-order valence-electron chi connectivity index (χ3n) is 4.15. The lowest BCUT2D eigenvalue weighted by Gasteiger charge is -2.16. The molecule has 0 saturated heterocycles. The molecule has 0 unspecified atom stereocenters. The maximum atomic E-state index is 12.9. The monoisotopic (exact) mass is 376 g/mol. The van der Waals surface area contributed by atoms with Gasteiger partial charge in [-0.1, -0.05) is 19.1 Å². The number of amides is 1. The fraction of sp³-hybridized carbons (Fsp3) is 0.316. The summed E-state index contributed by atoms with van der Waals surface area (Å²) in [6.07, 6.45) is 0.796. The quantitative estimate of drug-likeness (QED) is 0.777. The molecular formula is C19H24N2O4S. The summed E-state index contributed by atoms with van der Waals surface area (Å²) in [7, 11) is -2.31. The molecule has 2 N–H and O–H groups in total. The second kappa shape index (κ2) is 8.23. The number of ether oxygens (including phenoxy) is 1. The zero-order valence-corrected chi connectivity index (χ0v) is 16.2. The molecule has 7 heteroatoms. The van der Waals surface area contributed by atoms with E-state index in [1.807, 2.05) is 6.92 Å². The van der Waals surface area contributed by atoms with Crippen molar-refractivity contribution in [1.82, 2.24) is 5.32 Å². The number of carbonyl (C=O) groups is 1. The van der Waals surface area contributed by atoms with Crippen LogP contribution in [0.4, 0.5) is 5.69 Å². The van der Waals surface area contributed by atoms with Crippen LogP contribution in [0, 0.1) is 13.8 Å². The number of benzene rings is 2. The first-order valence-corrected chi connectivity index (χ1v) is 9.84. The summed E-state index contributed by atoms with van der Waals surface area (Å²) in [5, 5.41) is 2.76. The molecule has 0 saturated carbocycles. The summed E-state index contributed by atoms with van der Waals surface area (Å²) in [6.45, 7) is 6.01. The average Bonchev–Trinajstić information content (AvgIpc) is 2.61. The van der Waals surface area contributed by atoms with E-state index in [9.17, 15) is 13.2 Å². The summed E-state index contributed by atoms with van der Waals surface area (Å²) in [4.78, 5) is 12.4. The molecule has 0 aliphatic rings.